The van der Waals surface area contributed by atoms with Gasteiger partial charge in [-0.1, -0.05) is 13.3 Å². The molecule has 15 heavy (non-hydrogen) atoms. The van der Waals surface area contributed by atoms with Gasteiger partial charge in [0, 0.05) is 4.88 Å². The number of carboxylic acid groups (broad SMARTS) is 1. The number of nitrogens with one attached hydrogen (secondary N) is 1. The summed E-state index contributed by atoms with van der Waals surface area (Å²) in [6, 6.07) is -0.528. The molecule has 1 unspecified atom stereocenters. The van der Waals surface area contributed by atoms with Gasteiger partial charge in [0.2, 0.25) is 0 Å². The average Bonchev–Trinajstić information content (AvgIpc) is 2.45. The number of aliphatic carboxylic acids is 1. The van der Waals surface area contributed by atoms with Gasteiger partial charge in [-0.3, -0.25) is 0 Å². The SMILES string of the molecule is CCCC(Nc1nc(C)c(C)s1)C(=O)O. The predicted molar refractivity (Wildman–Crippen MR) is 61.5 cm³/mol. The van der Waals surface area contributed by atoms with Crippen LogP contribution in [0.2, 0.25) is 0 Å². The van der Waals surface area contributed by atoms with Crippen molar-refractivity contribution in [2.24, 2.45) is 0 Å². The van der Waals surface area contributed by atoms with Crippen molar-refractivity contribution in [3.05, 3.63) is 10.6 Å². The van der Waals surface area contributed by atoms with Crippen molar-refractivity contribution in [3.63, 3.8) is 0 Å². The van der Waals surface area contributed by atoms with E-state index >= 15 is 0 Å². The smallest absolute Gasteiger partial charge is 0.326 e. The fraction of sp³-hybridized carbons (Fsp3) is 0.600. The summed E-state index contributed by atoms with van der Waals surface area (Å²) in [5, 5.41) is 12.6. The van der Waals surface area contributed by atoms with Crippen LogP contribution in [0.3, 0.4) is 0 Å². The van der Waals surface area contributed by atoms with E-state index in [1.54, 1.807) is 0 Å². The maximum atomic E-state index is 10.9. The molecule has 0 saturated carbocycles. The van der Waals surface area contributed by atoms with E-state index in [-0.39, 0.29) is 0 Å². The highest BCUT2D eigenvalue weighted by Gasteiger charge is 2.17. The van der Waals surface area contributed by atoms with E-state index in [1.807, 2.05) is 20.8 Å². The third-order valence-corrected chi connectivity index (χ3v) is 3.21. The highest BCUT2D eigenvalue weighted by Crippen LogP contribution is 2.22. The standard InChI is InChI=1S/C10H16N2O2S/c1-4-5-8(9(13)14)12-10-11-6(2)7(3)15-10/h8H,4-5H2,1-3H3,(H,11,12)(H,13,14). The van der Waals surface area contributed by atoms with Crippen molar-refractivity contribution in [2.45, 2.75) is 39.7 Å². The fourth-order valence-corrected chi connectivity index (χ4v) is 2.10. The molecule has 4 nitrogen and oxygen atoms in total. The molecule has 0 aliphatic rings. The molecular weight excluding hydrogens is 212 g/mol. The molecule has 0 bridgehead atoms. The summed E-state index contributed by atoms with van der Waals surface area (Å²) in [4.78, 5) is 16.3. The van der Waals surface area contributed by atoms with Crippen LogP contribution in [0.25, 0.3) is 0 Å². The van der Waals surface area contributed by atoms with Gasteiger partial charge in [-0.25, -0.2) is 9.78 Å². The van der Waals surface area contributed by atoms with Crippen LogP contribution in [0.5, 0.6) is 0 Å². The summed E-state index contributed by atoms with van der Waals surface area (Å²) in [5.41, 5.74) is 0.961. The van der Waals surface area contributed by atoms with E-state index in [1.165, 1.54) is 11.3 Å². The van der Waals surface area contributed by atoms with Crippen molar-refractivity contribution >= 4 is 22.4 Å². The number of hydrogen-bond donors (Lipinski definition) is 2. The van der Waals surface area contributed by atoms with E-state index in [2.05, 4.69) is 10.3 Å². The van der Waals surface area contributed by atoms with E-state index in [0.29, 0.717) is 11.6 Å². The van der Waals surface area contributed by atoms with Gasteiger partial charge in [0.05, 0.1) is 5.69 Å². The summed E-state index contributed by atoms with van der Waals surface area (Å²) in [5.74, 6) is -0.817. The molecule has 1 aromatic heterocycles. The molecular formula is C10H16N2O2S. The molecule has 1 rings (SSSR count). The monoisotopic (exact) mass is 228 g/mol. The lowest BCUT2D eigenvalue weighted by Crippen LogP contribution is -2.28. The Morgan fingerprint density at radius 2 is 2.27 bits per heavy atom. The maximum absolute atomic E-state index is 10.9. The first-order chi connectivity index (χ1) is 7.04. The number of thiazole rings is 1. The third-order valence-electron chi connectivity index (χ3n) is 2.20. The highest BCUT2D eigenvalue weighted by atomic mass is 32.1. The zero-order valence-corrected chi connectivity index (χ0v) is 10.0. The van der Waals surface area contributed by atoms with Crippen molar-refractivity contribution in [2.75, 3.05) is 5.32 Å². The van der Waals surface area contributed by atoms with Crippen LogP contribution in [0.15, 0.2) is 0 Å². The minimum absolute atomic E-state index is 0.528. The van der Waals surface area contributed by atoms with E-state index < -0.39 is 12.0 Å². The summed E-state index contributed by atoms with van der Waals surface area (Å²) < 4.78 is 0. The maximum Gasteiger partial charge on any atom is 0.326 e. The van der Waals surface area contributed by atoms with Crippen LogP contribution >= 0.6 is 11.3 Å². The van der Waals surface area contributed by atoms with Crippen molar-refractivity contribution in [1.82, 2.24) is 4.98 Å². The first kappa shape index (κ1) is 12.0. The van der Waals surface area contributed by atoms with Crippen LogP contribution in [0, 0.1) is 13.8 Å². The minimum atomic E-state index is -0.817. The van der Waals surface area contributed by atoms with E-state index in [9.17, 15) is 4.79 Å². The summed E-state index contributed by atoms with van der Waals surface area (Å²) in [7, 11) is 0. The molecule has 0 fully saturated rings. The fourth-order valence-electron chi connectivity index (χ4n) is 1.23. The molecule has 1 heterocycles. The Morgan fingerprint density at radius 1 is 1.60 bits per heavy atom. The average molecular weight is 228 g/mol. The lowest BCUT2D eigenvalue weighted by atomic mass is 10.2. The predicted octanol–water partition coefficient (Wildman–Crippen LogP) is 2.43. The quantitative estimate of drug-likeness (QED) is 0.812. The van der Waals surface area contributed by atoms with Crippen LogP contribution < -0.4 is 5.32 Å². The third kappa shape index (κ3) is 3.20. The number of carboxylic acids is 1. The minimum Gasteiger partial charge on any atom is -0.480 e. The first-order valence-corrected chi connectivity index (χ1v) is 5.79. The Kier molecular flexibility index (Phi) is 4.08. The number of rotatable bonds is 5. The number of anilines is 1. The Hall–Kier alpha value is -1.10. The molecule has 1 aromatic rings. The topological polar surface area (TPSA) is 62.2 Å². The second-order valence-electron chi connectivity index (χ2n) is 3.48. The van der Waals surface area contributed by atoms with Gasteiger partial charge < -0.3 is 10.4 Å². The van der Waals surface area contributed by atoms with Crippen molar-refractivity contribution < 1.29 is 9.90 Å². The van der Waals surface area contributed by atoms with Crippen LogP contribution in [-0.4, -0.2) is 22.1 Å². The van der Waals surface area contributed by atoms with Gasteiger partial charge in [0.15, 0.2) is 5.13 Å². The van der Waals surface area contributed by atoms with Gasteiger partial charge in [-0.2, -0.15) is 0 Å². The second kappa shape index (κ2) is 5.11. The molecule has 0 spiro atoms. The Balaban J connectivity index is 2.69. The number of nitrogens with zero attached hydrogens (tertiary/aromatic N) is 1. The molecule has 0 saturated heterocycles. The molecule has 0 radical (unpaired) electrons. The van der Waals surface area contributed by atoms with Gasteiger partial charge in [-0.15, -0.1) is 11.3 Å². The number of carbonyl (C=O) groups is 1. The molecule has 1 atom stereocenters. The van der Waals surface area contributed by atoms with E-state index in [4.69, 9.17) is 5.11 Å². The summed E-state index contributed by atoms with van der Waals surface area (Å²) in [6.45, 7) is 5.87. The lowest BCUT2D eigenvalue weighted by Gasteiger charge is -2.11. The van der Waals surface area contributed by atoms with Crippen LogP contribution in [0.1, 0.15) is 30.3 Å². The Bertz CT molecular complexity index is 330. The lowest BCUT2D eigenvalue weighted by molar-refractivity contribution is -0.138. The molecule has 2 N–H and O–H groups in total. The number of hydrogen-bond acceptors (Lipinski definition) is 4. The molecule has 0 aliphatic carbocycles. The van der Waals surface area contributed by atoms with E-state index in [0.717, 1.165) is 17.0 Å². The zero-order chi connectivity index (χ0) is 11.4. The largest absolute Gasteiger partial charge is 0.480 e. The highest BCUT2D eigenvalue weighted by molar-refractivity contribution is 7.15. The van der Waals surface area contributed by atoms with Crippen molar-refractivity contribution in [1.29, 1.82) is 0 Å². The summed E-state index contributed by atoms with van der Waals surface area (Å²) >= 11 is 1.50. The molecule has 0 aromatic carbocycles. The van der Waals surface area contributed by atoms with Crippen LogP contribution in [-0.2, 0) is 4.79 Å². The molecule has 0 aliphatic heterocycles. The molecule has 5 heteroatoms. The number of aromatic nitrogens is 1. The number of aryl methyl sites for hydroxylation is 2. The Morgan fingerprint density at radius 3 is 2.67 bits per heavy atom. The Labute approximate surface area is 93.4 Å². The van der Waals surface area contributed by atoms with Crippen molar-refractivity contribution in [3.8, 4) is 0 Å². The first-order valence-electron chi connectivity index (χ1n) is 4.98. The van der Waals surface area contributed by atoms with Gasteiger partial charge in [0.1, 0.15) is 6.04 Å². The van der Waals surface area contributed by atoms with Gasteiger partial charge in [-0.05, 0) is 20.3 Å². The summed E-state index contributed by atoms with van der Waals surface area (Å²) in [6.07, 6.45) is 1.46. The molecule has 84 valence electrons. The normalized spacial score (nSPS) is 12.5. The second-order valence-corrected chi connectivity index (χ2v) is 4.69. The van der Waals surface area contributed by atoms with Crippen LogP contribution in [0.4, 0.5) is 5.13 Å². The van der Waals surface area contributed by atoms with Gasteiger partial charge in [0.25, 0.3) is 0 Å². The molecule has 0 amide bonds. The van der Waals surface area contributed by atoms with Gasteiger partial charge >= 0.3 is 5.97 Å². The zero-order valence-electron chi connectivity index (χ0n) is 9.20.